The van der Waals surface area contributed by atoms with Gasteiger partial charge in [0.2, 0.25) is 0 Å². The molecule has 0 bridgehead atoms. The predicted molar refractivity (Wildman–Crippen MR) is 70.6 cm³/mol. The minimum atomic E-state index is -0.229. The Morgan fingerprint density at radius 2 is 2.11 bits per heavy atom. The summed E-state index contributed by atoms with van der Waals surface area (Å²) >= 11 is 3.40. The molecule has 18 heavy (non-hydrogen) atoms. The second kappa shape index (κ2) is 5.63. The van der Waals surface area contributed by atoms with Gasteiger partial charge in [-0.3, -0.25) is 0 Å². The van der Waals surface area contributed by atoms with Crippen molar-refractivity contribution in [1.82, 2.24) is 10.5 Å². The first-order valence-electron chi connectivity index (χ1n) is 5.64. The van der Waals surface area contributed by atoms with E-state index in [0.29, 0.717) is 13.1 Å². The van der Waals surface area contributed by atoms with E-state index >= 15 is 0 Å². The van der Waals surface area contributed by atoms with Gasteiger partial charge in [-0.05, 0) is 37.6 Å². The fraction of sp³-hybridized carbons (Fsp3) is 0.308. The van der Waals surface area contributed by atoms with Crippen molar-refractivity contribution in [3.8, 4) is 0 Å². The van der Waals surface area contributed by atoms with Crippen LogP contribution in [0.25, 0.3) is 0 Å². The van der Waals surface area contributed by atoms with E-state index in [1.807, 2.05) is 13.8 Å². The Hall–Kier alpha value is -1.20. The van der Waals surface area contributed by atoms with Gasteiger partial charge in [0.25, 0.3) is 0 Å². The van der Waals surface area contributed by atoms with Crippen molar-refractivity contribution >= 4 is 15.9 Å². The summed E-state index contributed by atoms with van der Waals surface area (Å²) in [7, 11) is 0. The van der Waals surface area contributed by atoms with Crippen LogP contribution in [0.3, 0.4) is 0 Å². The topological polar surface area (TPSA) is 38.1 Å². The zero-order valence-corrected chi connectivity index (χ0v) is 11.8. The first-order chi connectivity index (χ1) is 8.58. The van der Waals surface area contributed by atoms with E-state index in [9.17, 15) is 4.39 Å². The normalized spacial score (nSPS) is 10.9. The third-order valence-corrected chi connectivity index (χ3v) is 3.58. The van der Waals surface area contributed by atoms with Crippen LogP contribution in [0, 0.1) is 19.7 Å². The summed E-state index contributed by atoms with van der Waals surface area (Å²) in [5.41, 5.74) is 2.84. The standard InChI is InChI=1S/C13H14BrFN2O/c1-8-12(9(2)18-17-8)7-16-6-10-5-11(15)3-4-13(10)14/h3-5,16H,6-7H2,1-2H3. The summed E-state index contributed by atoms with van der Waals surface area (Å²) in [6.45, 7) is 5.03. The van der Waals surface area contributed by atoms with Crippen LogP contribution >= 0.6 is 15.9 Å². The number of hydrogen-bond acceptors (Lipinski definition) is 3. The average molecular weight is 313 g/mol. The Morgan fingerprint density at radius 3 is 2.78 bits per heavy atom. The van der Waals surface area contributed by atoms with Gasteiger partial charge in [0.15, 0.2) is 0 Å². The van der Waals surface area contributed by atoms with Crippen molar-refractivity contribution in [2.75, 3.05) is 0 Å². The van der Waals surface area contributed by atoms with E-state index in [-0.39, 0.29) is 5.82 Å². The molecule has 0 atom stereocenters. The highest BCUT2D eigenvalue weighted by atomic mass is 79.9. The summed E-state index contributed by atoms with van der Waals surface area (Å²) in [4.78, 5) is 0. The zero-order chi connectivity index (χ0) is 13.1. The maximum Gasteiger partial charge on any atom is 0.138 e. The van der Waals surface area contributed by atoms with E-state index in [4.69, 9.17) is 4.52 Å². The maximum absolute atomic E-state index is 13.1. The molecule has 0 radical (unpaired) electrons. The van der Waals surface area contributed by atoms with Gasteiger partial charge in [0, 0.05) is 23.1 Å². The fourth-order valence-electron chi connectivity index (χ4n) is 1.76. The lowest BCUT2D eigenvalue weighted by Crippen LogP contribution is -2.14. The molecule has 1 N–H and O–H groups in total. The van der Waals surface area contributed by atoms with Crippen LogP contribution in [-0.2, 0) is 13.1 Å². The van der Waals surface area contributed by atoms with Gasteiger partial charge in [-0.15, -0.1) is 0 Å². The highest BCUT2D eigenvalue weighted by Crippen LogP contribution is 2.18. The van der Waals surface area contributed by atoms with Gasteiger partial charge in [-0.1, -0.05) is 21.1 Å². The SMILES string of the molecule is Cc1noc(C)c1CNCc1cc(F)ccc1Br. The fourth-order valence-corrected chi connectivity index (χ4v) is 2.14. The number of halogens is 2. The molecular formula is C13H14BrFN2O. The third-order valence-electron chi connectivity index (χ3n) is 2.81. The van der Waals surface area contributed by atoms with Crippen LogP contribution in [-0.4, -0.2) is 5.16 Å². The Balaban J connectivity index is 1.98. The monoisotopic (exact) mass is 312 g/mol. The van der Waals surface area contributed by atoms with Crippen molar-refractivity contribution in [3.05, 3.63) is 51.1 Å². The van der Waals surface area contributed by atoms with Crippen molar-refractivity contribution in [2.45, 2.75) is 26.9 Å². The van der Waals surface area contributed by atoms with Crippen LogP contribution < -0.4 is 5.32 Å². The molecule has 2 aromatic rings. The van der Waals surface area contributed by atoms with Crippen molar-refractivity contribution in [2.24, 2.45) is 0 Å². The Labute approximate surface area is 113 Å². The van der Waals surface area contributed by atoms with Gasteiger partial charge >= 0.3 is 0 Å². The lowest BCUT2D eigenvalue weighted by Gasteiger charge is -2.07. The molecule has 0 aliphatic heterocycles. The molecule has 1 heterocycles. The Morgan fingerprint density at radius 1 is 1.33 bits per heavy atom. The van der Waals surface area contributed by atoms with Gasteiger partial charge in [0.05, 0.1) is 5.69 Å². The van der Waals surface area contributed by atoms with Crippen molar-refractivity contribution < 1.29 is 8.91 Å². The molecule has 2 rings (SSSR count). The number of aromatic nitrogens is 1. The van der Waals surface area contributed by atoms with Crippen LogP contribution in [0.15, 0.2) is 27.2 Å². The lowest BCUT2D eigenvalue weighted by atomic mass is 10.2. The molecule has 0 amide bonds. The van der Waals surface area contributed by atoms with E-state index in [1.54, 1.807) is 6.07 Å². The maximum atomic E-state index is 13.1. The number of nitrogens with one attached hydrogen (secondary N) is 1. The summed E-state index contributed by atoms with van der Waals surface area (Å²) in [6, 6.07) is 4.66. The molecule has 0 fully saturated rings. The first-order valence-corrected chi connectivity index (χ1v) is 6.43. The molecule has 1 aromatic heterocycles. The molecule has 0 spiro atoms. The Bertz CT molecular complexity index is 534. The summed E-state index contributed by atoms with van der Waals surface area (Å²) in [5.74, 6) is 0.589. The Kier molecular flexibility index (Phi) is 4.14. The number of rotatable bonds is 4. The minimum Gasteiger partial charge on any atom is -0.361 e. The lowest BCUT2D eigenvalue weighted by molar-refractivity contribution is 0.392. The van der Waals surface area contributed by atoms with Gasteiger partial charge in [-0.25, -0.2) is 4.39 Å². The summed E-state index contributed by atoms with van der Waals surface area (Å²) in [5, 5.41) is 7.15. The molecular weight excluding hydrogens is 299 g/mol. The molecule has 0 saturated carbocycles. The number of benzene rings is 1. The molecule has 0 aliphatic carbocycles. The molecule has 3 nitrogen and oxygen atoms in total. The van der Waals surface area contributed by atoms with E-state index in [1.165, 1.54) is 12.1 Å². The highest BCUT2D eigenvalue weighted by molar-refractivity contribution is 9.10. The van der Waals surface area contributed by atoms with Gasteiger partial charge in [-0.2, -0.15) is 0 Å². The summed E-state index contributed by atoms with van der Waals surface area (Å²) in [6.07, 6.45) is 0. The largest absolute Gasteiger partial charge is 0.361 e. The minimum absolute atomic E-state index is 0.229. The molecule has 0 unspecified atom stereocenters. The van der Waals surface area contributed by atoms with Crippen LogP contribution in [0.1, 0.15) is 22.6 Å². The van der Waals surface area contributed by atoms with E-state index < -0.39 is 0 Å². The van der Waals surface area contributed by atoms with Crippen LogP contribution in [0.2, 0.25) is 0 Å². The van der Waals surface area contributed by atoms with Crippen molar-refractivity contribution in [1.29, 1.82) is 0 Å². The quantitative estimate of drug-likeness (QED) is 0.939. The molecule has 96 valence electrons. The smallest absolute Gasteiger partial charge is 0.138 e. The second-order valence-corrected chi connectivity index (χ2v) is 5.00. The van der Waals surface area contributed by atoms with Gasteiger partial charge in [0.1, 0.15) is 11.6 Å². The highest BCUT2D eigenvalue weighted by Gasteiger charge is 2.08. The summed E-state index contributed by atoms with van der Waals surface area (Å²) < 4.78 is 19.1. The van der Waals surface area contributed by atoms with Gasteiger partial charge < -0.3 is 9.84 Å². The van der Waals surface area contributed by atoms with E-state index in [2.05, 4.69) is 26.4 Å². The third kappa shape index (κ3) is 2.97. The first kappa shape index (κ1) is 13.2. The molecule has 0 aliphatic rings. The number of aryl methyl sites for hydroxylation is 2. The van der Waals surface area contributed by atoms with E-state index in [0.717, 1.165) is 27.1 Å². The van der Waals surface area contributed by atoms with Crippen LogP contribution in [0.4, 0.5) is 4.39 Å². The van der Waals surface area contributed by atoms with Crippen LogP contribution in [0.5, 0.6) is 0 Å². The number of hydrogen-bond donors (Lipinski definition) is 1. The van der Waals surface area contributed by atoms with Crippen molar-refractivity contribution in [3.63, 3.8) is 0 Å². The molecule has 1 aromatic carbocycles. The molecule has 0 saturated heterocycles. The molecule has 5 heteroatoms. The average Bonchev–Trinajstić information content (AvgIpc) is 2.65. The number of nitrogens with zero attached hydrogens (tertiary/aromatic N) is 1. The zero-order valence-electron chi connectivity index (χ0n) is 10.3. The predicted octanol–water partition coefficient (Wildman–Crippen LogP) is 3.48. The second-order valence-electron chi connectivity index (χ2n) is 4.14.